The molecule has 6 nitrogen and oxygen atoms in total. The Balaban J connectivity index is 1.89. The number of nitrogens with zero attached hydrogens (tertiary/aromatic N) is 3. The van der Waals surface area contributed by atoms with E-state index in [4.69, 9.17) is 5.26 Å². The van der Waals surface area contributed by atoms with Crippen molar-refractivity contribution in [3.63, 3.8) is 0 Å². The van der Waals surface area contributed by atoms with Crippen molar-refractivity contribution in [3.8, 4) is 6.07 Å². The first kappa shape index (κ1) is 16.7. The minimum atomic E-state index is -1.06. The second kappa shape index (κ2) is 6.65. The van der Waals surface area contributed by atoms with Crippen LogP contribution in [0.4, 0.5) is 14.9 Å². The van der Waals surface area contributed by atoms with E-state index in [0.29, 0.717) is 31.9 Å². The summed E-state index contributed by atoms with van der Waals surface area (Å²) in [6, 6.07) is 7.23. The number of piperazine rings is 1. The minimum absolute atomic E-state index is 0.224. The first-order valence-corrected chi connectivity index (χ1v) is 7.35. The molecule has 1 heterocycles. The molecule has 1 saturated heterocycles. The molecule has 1 aliphatic heterocycles. The van der Waals surface area contributed by atoms with E-state index in [9.17, 15) is 14.0 Å². The second-order valence-corrected chi connectivity index (χ2v) is 5.95. The van der Waals surface area contributed by atoms with Crippen LogP contribution in [-0.4, -0.2) is 47.9 Å². The van der Waals surface area contributed by atoms with Crippen LogP contribution < -0.4 is 5.32 Å². The van der Waals surface area contributed by atoms with E-state index >= 15 is 0 Å². The summed E-state index contributed by atoms with van der Waals surface area (Å²) in [5.41, 5.74) is -0.543. The molecule has 122 valence electrons. The summed E-state index contributed by atoms with van der Waals surface area (Å²) in [7, 11) is 0. The molecule has 23 heavy (non-hydrogen) atoms. The smallest absolute Gasteiger partial charge is 0.321 e. The topological polar surface area (TPSA) is 76.4 Å². The van der Waals surface area contributed by atoms with Gasteiger partial charge in [0, 0.05) is 31.9 Å². The molecule has 0 radical (unpaired) electrons. The predicted molar refractivity (Wildman–Crippen MR) is 83.0 cm³/mol. The van der Waals surface area contributed by atoms with Gasteiger partial charge in [-0.2, -0.15) is 5.26 Å². The molecule has 0 aliphatic carbocycles. The highest BCUT2D eigenvalue weighted by Crippen LogP contribution is 2.19. The number of anilines is 1. The molecule has 1 aliphatic rings. The lowest BCUT2D eigenvalue weighted by Crippen LogP contribution is -2.54. The highest BCUT2D eigenvalue weighted by Gasteiger charge is 2.34. The molecule has 1 aromatic carbocycles. The Hall–Kier alpha value is -2.62. The number of benzene rings is 1. The van der Waals surface area contributed by atoms with Crippen LogP contribution in [-0.2, 0) is 4.79 Å². The fraction of sp³-hybridized carbons (Fsp3) is 0.438. The van der Waals surface area contributed by atoms with Crippen LogP contribution in [0.2, 0.25) is 0 Å². The average molecular weight is 318 g/mol. The zero-order chi connectivity index (χ0) is 17.0. The van der Waals surface area contributed by atoms with Crippen LogP contribution in [0.15, 0.2) is 24.3 Å². The van der Waals surface area contributed by atoms with E-state index in [1.165, 1.54) is 24.3 Å². The monoisotopic (exact) mass is 318 g/mol. The number of amides is 3. The van der Waals surface area contributed by atoms with Crippen molar-refractivity contribution < 1.29 is 14.0 Å². The largest absolute Gasteiger partial charge is 0.338 e. The third-order valence-electron chi connectivity index (χ3n) is 3.76. The fourth-order valence-electron chi connectivity index (χ4n) is 2.29. The van der Waals surface area contributed by atoms with Gasteiger partial charge in [-0.25, -0.2) is 9.18 Å². The molecular formula is C16H19FN4O2. The van der Waals surface area contributed by atoms with Gasteiger partial charge in [0.2, 0.25) is 5.91 Å². The standard InChI is InChI=1S/C16H19FN4O2/c1-16(2,11-18)14(22)20-7-9-21(10-8-20)15(23)19-13-5-3-12(17)4-6-13/h3-6H,7-10H2,1-2H3,(H,19,23). The summed E-state index contributed by atoms with van der Waals surface area (Å²) in [6.07, 6.45) is 0. The van der Waals surface area contributed by atoms with E-state index in [0.717, 1.165) is 0 Å². The van der Waals surface area contributed by atoms with Crippen LogP contribution in [0.25, 0.3) is 0 Å². The van der Waals surface area contributed by atoms with Crippen molar-refractivity contribution >= 4 is 17.6 Å². The Bertz CT molecular complexity index is 628. The maximum absolute atomic E-state index is 12.8. The van der Waals surface area contributed by atoms with Crippen molar-refractivity contribution in [3.05, 3.63) is 30.1 Å². The van der Waals surface area contributed by atoms with Crippen molar-refractivity contribution in [2.45, 2.75) is 13.8 Å². The molecular weight excluding hydrogens is 299 g/mol. The Morgan fingerprint density at radius 2 is 1.65 bits per heavy atom. The molecule has 0 saturated carbocycles. The first-order chi connectivity index (χ1) is 10.8. The van der Waals surface area contributed by atoms with Crippen molar-refractivity contribution in [1.82, 2.24) is 9.80 Å². The molecule has 1 aromatic rings. The Kier molecular flexibility index (Phi) is 4.84. The third-order valence-corrected chi connectivity index (χ3v) is 3.76. The quantitative estimate of drug-likeness (QED) is 0.906. The second-order valence-electron chi connectivity index (χ2n) is 5.95. The number of carbonyl (C=O) groups excluding carboxylic acids is 2. The Labute approximate surface area is 134 Å². The number of hydrogen-bond donors (Lipinski definition) is 1. The molecule has 2 rings (SSSR count). The van der Waals surface area contributed by atoms with Gasteiger partial charge in [-0.3, -0.25) is 4.79 Å². The van der Waals surface area contributed by atoms with Crippen LogP contribution >= 0.6 is 0 Å². The number of halogens is 1. The highest BCUT2D eigenvalue weighted by atomic mass is 19.1. The minimum Gasteiger partial charge on any atom is -0.338 e. The van der Waals surface area contributed by atoms with Crippen LogP contribution in [0.3, 0.4) is 0 Å². The zero-order valence-electron chi connectivity index (χ0n) is 13.2. The molecule has 0 spiro atoms. The Morgan fingerprint density at radius 3 is 2.17 bits per heavy atom. The maximum Gasteiger partial charge on any atom is 0.321 e. The van der Waals surface area contributed by atoms with Crippen LogP contribution in [0.1, 0.15) is 13.8 Å². The lowest BCUT2D eigenvalue weighted by molar-refractivity contribution is -0.139. The molecule has 1 fully saturated rings. The van der Waals surface area contributed by atoms with Gasteiger partial charge in [0.25, 0.3) is 0 Å². The molecule has 0 bridgehead atoms. The van der Waals surface area contributed by atoms with Gasteiger partial charge in [-0.15, -0.1) is 0 Å². The normalized spacial score (nSPS) is 15.0. The number of carbonyl (C=O) groups is 2. The summed E-state index contributed by atoms with van der Waals surface area (Å²) in [5.74, 6) is -0.589. The number of rotatable bonds is 2. The molecule has 0 unspecified atom stereocenters. The van der Waals surface area contributed by atoms with Gasteiger partial charge in [-0.1, -0.05) is 0 Å². The van der Waals surface area contributed by atoms with Crippen molar-refractivity contribution in [2.75, 3.05) is 31.5 Å². The van der Waals surface area contributed by atoms with Gasteiger partial charge in [0.05, 0.1) is 6.07 Å². The highest BCUT2D eigenvalue weighted by molar-refractivity contribution is 5.90. The van der Waals surface area contributed by atoms with Crippen molar-refractivity contribution in [2.24, 2.45) is 5.41 Å². The number of nitrogens with one attached hydrogen (secondary N) is 1. The van der Waals surface area contributed by atoms with Crippen LogP contribution in [0, 0.1) is 22.6 Å². The lowest BCUT2D eigenvalue weighted by atomic mass is 9.93. The van der Waals surface area contributed by atoms with E-state index in [1.807, 2.05) is 6.07 Å². The lowest BCUT2D eigenvalue weighted by Gasteiger charge is -2.36. The van der Waals surface area contributed by atoms with E-state index in [2.05, 4.69) is 5.32 Å². The van der Waals surface area contributed by atoms with Crippen LogP contribution in [0.5, 0.6) is 0 Å². The molecule has 0 aromatic heterocycles. The SMILES string of the molecule is CC(C)(C#N)C(=O)N1CCN(C(=O)Nc2ccc(F)cc2)CC1. The van der Waals surface area contributed by atoms with Gasteiger partial charge in [0.1, 0.15) is 11.2 Å². The summed E-state index contributed by atoms with van der Waals surface area (Å²) in [5, 5.41) is 11.7. The van der Waals surface area contributed by atoms with E-state index < -0.39 is 5.41 Å². The predicted octanol–water partition coefficient (Wildman–Crippen LogP) is 2.05. The third kappa shape index (κ3) is 3.97. The zero-order valence-corrected chi connectivity index (χ0v) is 13.2. The van der Waals surface area contributed by atoms with E-state index in [-0.39, 0.29) is 17.8 Å². The average Bonchev–Trinajstić information content (AvgIpc) is 2.56. The molecule has 7 heteroatoms. The molecule has 1 N–H and O–H groups in total. The molecule has 3 amide bonds. The van der Waals surface area contributed by atoms with Gasteiger partial charge < -0.3 is 15.1 Å². The Morgan fingerprint density at radius 1 is 1.13 bits per heavy atom. The fourth-order valence-corrected chi connectivity index (χ4v) is 2.29. The summed E-state index contributed by atoms with van der Waals surface area (Å²) < 4.78 is 12.8. The number of hydrogen-bond acceptors (Lipinski definition) is 3. The van der Waals surface area contributed by atoms with Crippen molar-refractivity contribution in [1.29, 1.82) is 5.26 Å². The number of nitriles is 1. The van der Waals surface area contributed by atoms with Gasteiger partial charge >= 0.3 is 6.03 Å². The summed E-state index contributed by atoms with van der Waals surface area (Å²) >= 11 is 0. The van der Waals surface area contributed by atoms with Gasteiger partial charge in [0.15, 0.2) is 0 Å². The number of urea groups is 1. The first-order valence-electron chi connectivity index (χ1n) is 7.35. The summed E-state index contributed by atoms with van der Waals surface area (Å²) in [6.45, 7) is 4.73. The summed E-state index contributed by atoms with van der Waals surface area (Å²) in [4.78, 5) is 27.5. The van der Waals surface area contributed by atoms with E-state index in [1.54, 1.807) is 23.6 Å². The molecule has 0 atom stereocenters. The van der Waals surface area contributed by atoms with Gasteiger partial charge in [-0.05, 0) is 38.1 Å². The maximum atomic E-state index is 12.8.